The number of rotatable bonds is 7. The summed E-state index contributed by atoms with van der Waals surface area (Å²) in [5.41, 5.74) is 5.83. The first-order valence-corrected chi connectivity index (χ1v) is 5.80. The van der Waals surface area contributed by atoms with E-state index in [4.69, 9.17) is 10.8 Å². The summed E-state index contributed by atoms with van der Waals surface area (Å²) in [6, 6.07) is 0.0433. The number of nitrogens with one attached hydrogen (secondary N) is 1. The molecule has 0 aromatic rings. The van der Waals surface area contributed by atoms with Gasteiger partial charge in [0.05, 0.1) is 6.10 Å². The Morgan fingerprint density at radius 1 is 1.60 bits per heavy atom. The fourth-order valence-corrected chi connectivity index (χ4v) is 1.60. The molecule has 1 aliphatic carbocycles. The van der Waals surface area contributed by atoms with Crippen LogP contribution in [-0.4, -0.2) is 29.7 Å². The first kappa shape index (κ1) is 12.5. The van der Waals surface area contributed by atoms with Crippen LogP contribution in [-0.2, 0) is 4.79 Å². The van der Waals surface area contributed by atoms with Gasteiger partial charge in [0, 0.05) is 19.0 Å². The molecule has 0 aromatic carbocycles. The molecular formula is C11H22N2O2. The SMILES string of the molecule is CC(O)CCCNC(=O)CC(N)C1CC1. The van der Waals surface area contributed by atoms with E-state index in [9.17, 15) is 4.79 Å². The lowest BCUT2D eigenvalue weighted by Crippen LogP contribution is -2.33. The normalized spacial score (nSPS) is 19.7. The lowest BCUT2D eigenvalue weighted by atomic mass is 10.1. The highest BCUT2D eigenvalue weighted by molar-refractivity contribution is 5.76. The minimum atomic E-state index is -0.282. The second-order valence-corrected chi connectivity index (χ2v) is 4.55. The number of hydrogen-bond acceptors (Lipinski definition) is 3. The van der Waals surface area contributed by atoms with E-state index < -0.39 is 0 Å². The van der Waals surface area contributed by atoms with Crippen LogP contribution >= 0.6 is 0 Å². The summed E-state index contributed by atoms with van der Waals surface area (Å²) < 4.78 is 0. The molecule has 0 radical (unpaired) electrons. The second kappa shape index (κ2) is 6.08. The summed E-state index contributed by atoms with van der Waals surface area (Å²) in [6.45, 7) is 2.39. The zero-order chi connectivity index (χ0) is 11.3. The summed E-state index contributed by atoms with van der Waals surface area (Å²) in [4.78, 5) is 11.4. The van der Waals surface area contributed by atoms with Gasteiger partial charge in [-0.05, 0) is 38.5 Å². The molecule has 4 heteroatoms. The lowest BCUT2D eigenvalue weighted by molar-refractivity contribution is -0.121. The van der Waals surface area contributed by atoms with E-state index >= 15 is 0 Å². The summed E-state index contributed by atoms with van der Waals surface area (Å²) in [5, 5.41) is 11.8. The summed E-state index contributed by atoms with van der Waals surface area (Å²) >= 11 is 0. The molecule has 1 aliphatic rings. The van der Waals surface area contributed by atoms with E-state index in [1.54, 1.807) is 6.92 Å². The molecule has 0 aliphatic heterocycles. The Bertz CT molecular complexity index is 203. The van der Waals surface area contributed by atoms with Crippen molar-refractivity contribution in [2.75, 3.05) is 6.54 Å². The number of aliphatic hydroxyl groups is 1. The zero-order valence-electron chi connectivity index (χ0n) is 9.41. The summed E-state index contributed by atoms with van der Waals surface area (Å²) in [5.74, 6) is 0.619. The largest absolute Gasteiger partial charge is 0.393 e. The van der Waals surface area contributed by atoms with Crippen LogP contribution in [0.3, 0.4) is 0 Å². The molecule has 0 saturated heterocycles. The highest BCUT2D eigenvalue weighted by Gasteiger charge is 2.29. The van der Waals surface area contributed by atoms with Crippen molar-refractivity contribution < 1.29 is 9.90 Å². The van der Waals surface area contributed by atoms with Gasteiger partial charge in [-0.15, -0.1) is 0 Å². The lowest BCUT2D eigenvalue weighted by Gasteiger charge is -2.10. The molecule has 0 heterocycles. The molecule has 4 N–H and O–H groups in total. The standard InChI is InChI=1S/C11H22N2O2/c1-8(14)3-2-6-13-11(15)7-10(12)9-4-5-9/h8-10,14H,2-7,12H2,1H3,(H,13,15). The molecule has 0 bridgehead atoms. The molecule has 2 atom stereocenters. The van der Waals surface area contributed by atoms with Crippen LogP contribution in [0.2, 0.25) is 0 Å². The highest BCUT2D eigenvalue weighted by Crippen LogP contribution is 2.32. The second-order valence-electron chi connectivity index (χ2n) is 4.55. The number of amides is 1. The predicted molar refractivity (Wildman–Crippen MR) is 59.2 cm³/mol. The van der Waals surface area contributed by atoms with Crippen LogP contribution in [0, 0.1) is 5.92 Å². The first-order valence-electron chi connectivity index (χ1n) is 5.80. The number of aliphatic hydroxyl groups excluding tert-OH is 1. The molecule has 4 nitrogen and oxygen atoms in total. The smallest absolute Gasteiger partial charge is 0.221 e. The van der Waals surface area contributed by atoms with Crippen LogP contribution in [0.25, 0.3) is 0 Å². The minimum Gasteiger partial charge on any atom is -0.393 e. The van der Waals surface area contributed by atoms with E-state index in [-0.39, 0.29) is 18.1 Å². The number of carbonyl (C=O) groups is 1. The predicted octanol–water partition coefficient (Wildman–Crippen LogP) is 0.391. The van der Waals surface area contributed by atoms with Crippen LogP contribution < -0.4 is 11.1 Å². The third-order valence-electron chi connectivity index (χ3n) is 2.77. The van der Waals surface area contributed by atoms with Crippen molar-refractivity contribution in [3.05, 3.63) is 0 Å². The Hall–Kier alpha value is -0.610. The topological polar surface area (TPSA) is 75.3 Å². The van der Waals surface area contributed by atoms with Gasteiger partial charge in [-0.1, -0.05) is 0 Å². The highest BCUT2D eigenvalue weighted by atomic mass is 16.3. The van der Waals surface area contributed by atoms with Crippen molar-refractivity contribution >= 4 is 5.91 Å². The van der Waals surface area contributed by atoms with Crippen molar-refractivity contribution in [2.45, 2.75) is 51.2 Å². The summed E-state index contributed by atoms with van der Waals surface area (Å²) in [7, 11) is 0. The Balaban J connectivity index is 1.97. The van der Waals surface area contributed by atoms with Crippen molar-refractivity contribution in [3.8, 4) is 0 Å². The molecule has 1 saturated carbocycles. The molecule has 1 rings (SSSR count). The average molecular weight is 214 g/mol. The summed E-state index contributed by atoms with van der Waals surface area (Å²) in [6.07, 6.45) is 4.07. The number of carbonyl (C=O) groups excluding carboxylic acids is 1. The van der Waals surface area contributed by atoms with Gasteiger partial charge < -0.3 is 16.2 Å². The van der Waals surface area contributed by atoms with Gasteiger partial charge in [0.15, 0.2) is 0 Å². The third kappa shape index (κ3) is 5.74. The van der Waals surface area contributed by atoms with Gasteiger partial charge in [-0.2, -0.15) is 0 Å². The van der Waals surface area contributed by atoms with Gasteiger partial charge >= 0.3 is 0 Å². The molecule has 0 aromatic heterocycles. The molecule has 2 unspecified atom stereocenters. The first-order chi connectivity index (χ1) is 7.09. The monoisotopic (exact) mass is 214 g/mol. The quantitative estimate of drug-likeness (QED) is 0.537. The molecular weight excluding hydrogens is 192 g/mol. The van der Waals surface area contributed by atoms with Crippen LogP contribution in [0.5, 0.6) is 0 Å². The van der Waals surface area contributed by atoms with Gasteiger partial charge in [0.2, 0.25) is 5.91 Å². The Morgan fingerprint density at radius 3 is 2.80 bits per heavy atom. The van der Waals surface area contributed by atoms with Crippen LogP contribution in [0.1, 0.15) is 39.0 Å². The maximum atomic E-state index is 11.4. The zero-order valence-corrected chi connectivity index (χ0v) is 9.41. The van der Waals surface area contributed by atoms with E-state index in [2.05, 4.69) is 5.32 Å². The minimum absolute atomic E-state index is 0.0417. The maximum Gasteiger partial charge on any atom is 0.221 e. The van der Waals surface area contributed by atoms with Crippen molar-refractivity contribution in [3.63, 3.8) is 0 Å². The van der Waals surface area contributed by atoms with Crippen LogP contribution in [0.4, 0.5) is 0 Å². The maximum absolute atomic E-state index is 11.4. The molecule has 1 fully saturated rings. The number of hydrogen-bond donors (Lipinski definition) is 3. The fourth-order valence-electron chi connectivity index (χ4n) is 1.60. The van der Waals surface area contributed by atoms with E-state index in [1.165, 1.54) is 12.8 Å². The fraction of sp³-hybridized carbons (Fsp3) is 0.909. The van der Waals surface area contributed by atoms with Gasteiger partial charge in [-0.3, -0.25) is 4.79 Å². The molecule has 1 amide bonds. The Morgan fingerprint density at radius 2 is 2.27 bits per heavy atom. The Kier molecular flexibility index (Phi) is 5.05. The average Bonchev–Trinajstić information content (AvgIpc) is 2.94. The van der Waals surface area contributed by atoms with Crippen LogP contribution in [0.15, 0.2) is 0 Å². The van der Waals surface area contributed by atoms with Crippen molar-refractivity contribution in [1.82, 2.24) is 5.32 Å². The van der Waals surface area contributed by atoms with Crippen molar-refractivity contribution in [2.24, 2.45) is 11.7 Å². The van der Waals surface area contributed by atoms with E-state index in [0.29, 0.717) is 18.9 Å². The Labute approximate surface area is 91.2 Å². The molecule has 88 valence electrons. The molecule has 0 spiro atoms. The number of nitrogens with two attached hydrogens (primary N) is 1. The molecule has 15 heavy (non-hydrogen) atoms. The van der Waals surface area contributed by atoms with Gasteiger partial charge in [-0.25, -0.2) is 0 Å². The van der Waals surface area contributed by atoms with Gasteiger partial charge in [0.25, 0.3) is 0 Å². The third-order valence-corrected chi connectivity index (χ3v) is 2.77. The van der Waals surface area contributed by atoms with Gasteiger partial charge in [0.1, 0.15) is 0 Å². The van der Waals surface area contributed by atoms with E-state index in [0.717, 1.165) is 12.8 Å². The van der Waals surface area contributed by atoms with E-state index in [1.807, 2.05) is 0 Å². The van der Waals surface area contributed by atoms with Crippen molar-refractivity contribution in [1.29, 1.82) is 0 Å².